The molecule has 2 aromatic heterocycles. The van der Waals surface area contributed by atoms with Crippen LogP contribution in [0.2, 0.25) is 10.0 Å². The van der Waals surface area contributed by atoms with Gasteiger partial charge >= 0.3 is 0 Å². The molecule has 2 N–H and O–H groups in total. The first-order valence-corrected chi connectivity index (χ1v) is 11.9. The van der Waals surface area contributed by atoms with Crippen molar-refractivity contribution < 1.29 is 14.3 Å². The summed E-state index contributed by atoms with van der Waals surface area (Å²) in [5, 5.41) is 11.0. The molecule has 1 aromatic carbocycles. The number of nitrogens with zero attached hydrogens (tertiary/aromatic N) is 5. The summed E-state index contributed by atoms with van der Waals surface area (Å²) in [7, 11) is 3.69. The summed E-state index contributed by atoms with van der Waals surface area (Å²) in [5.74, 6) is -0.135. The molecule has 1 saturated heterocycles. The average Bonchev–Trinajstić information content (AvgIpc) is 3.30. The van der Waals surface area contributed by atoms with Crippen LogP contribution in [0.4, 0.5) is 17.3 Å². The van der Waals surface area contributed by atoms with Gasteiger partial charge in [0.05, 0.1) is 40.3 Å². The van der Waals surface area contributed by atoms with E-state index in [1.165, 1.54) is 6.20 Å². The minimum Gasteiger partial charge on any atom is -0.475 e. The number of likely N-dealkylation sites (tertiary alicyclic amines) is 1. The van der Waals surface area contributed by atoms with Crippen LogP contribution in [0.5, 0.6) is 5.88 Å². The first kappa shape index (κ1) is 25.2. The molecule has 0 bridgehead atoms. The van der Waals surface area contributed by atoms with Crippen LogP contribution in [0.3, 0.4) is 0 Å². The summed E-state index contributed by atoms with van der Waals surface area (Å²) in [4.78, 5) is 24.0. The van der Waals surface area contributed by atoms with Gasteiger partial charge in [0.25, 0.3) is 5.91 Å². The van der Waals surface area contributed by atoms with Crippen LogP contribution in [0, 0.1) is 0 Å². The smallest absolute Gasteiger partial charge is 0.262 e. The topological polar surface area (TPSA) is 106 Å². The zero-order valence-electron chi connectivity index (χ0n) is 19.5. The lowest BCUT2D eigenvalue weighted by molar-refractivity contribution is 0.101. The molecular formula is C23H27Cl2N7O3. The van der Waals surface area contributed by atoms with E-state index in [9.17, 15) is 4.79 Å². The first-order valence-electron chi connectivity index (χ1n) is 11.2. The lowest BCUT2D eigenvalue weighted by atomic mass is 10.1. The van der Waals surface area contributed by atoms with Gasteiger partial charge in [-0.25, -0.2) is 4.98 Å². The monoisotopic (exact) mass is 519 g/mol. The summed E-state index contributed by atoms with van der Waals surface area (Å²) in [5.41, 5.74) is 1.17. The van der Waals surface area contributed by atoms with E-state index in [-0.39, 0.29) is 24.0 Å². The van der Waals surface area contributed by atoms with E-state index in [1.807, 2.05) is 10.9 Å². The van der Waals surface area contributed by atoms with Crippen molar-refractivity contribution >= 4 is 46.4 Å². The molecule has 0 unspecified atom stereocenters. The minimum atomic E-state index is -0.506. The standard InChI is InChI=1S/C23H27Cl2N7O3/c1-31-8-6-16(7-9-31)32-14-15(12-27-32)28-23-26-13-17(22(30-23)35-11-10-34-2)21(33)29-20-18(24)4-3-5-19(20)25/h3-5,12-14,16H,6-11H2,1-2H3,(H,29,33)(H,26,28,30). The van der Waals surface area contributed by atoms with E-state index in [2.05, 4.69) is 37.6 Å². The van der Waals surface area contributed by atoms with Gasteiger partial charge in [-0.3, -0.25) is 9.48 Å². The fourth-order valence-electron chi connectivity index (χ4n) is 3.70. The van der Waals surface area contributed by atoms with Gasteiger partial charge in [-0.2, -0.15) is 10.1 Å². The number of para-hydroxylation sites is 1. The number of piperidine rings is 1. The average molecular weight is 520 g/mol. The number of hydrogen-bond donors (Lipinski definition) is 2. The van der Waals surface area contributed by atoms with Crippen LogP contribution in [-0.2, 0) is 4.74 Å². The number of benzene rings is 1. The molecule has 0 spiro atoms. The molecule has 0 aliphatic carbocycles. The Bertz CT molecular complexity index is 1150. The third kappa shape index (κ3) is 6.40. The van der Waals surface area contributed by atoms with Crippen LogP contribution in [0.25, 0.3) is 0 Å². The second kappa shape index (κ2) is 11.7. The van der Waals surface area contributed by atoms with E-state index in [4.69, 9.17) is 32.7 Å². The van der Waals surface area contributed by atoms with Crippen LogP contribution in [0.1, 0.15) is 29.2 Å². The highest BCUT2D eigenvalue weighted by molar-refractivity contribution is 6.40. The number of ether oxygens (including phenoxy) is 2. The molecule has 0 saturated carbocycles. The van der Waals surface area contributed by atoms with Crippen molar-refractivity contribution in [3.05, 3.63) is 52.4 Å². The largest absolute Gasteiger partial charge is 0.475 e. The molecule has 0 atom stereocenters. The number of carbonyl (C=O) groups is 1. The Hall–Kier alpha value is -2.92. The predicted octanol–water partition coefficient (Wildman–Crippen LogP) is 4.27. The molecule has 0 radical (unpaired) electrons. The second-order valence-corrected chi connectivity index (χ2v) is 8.99. The van der Waals surface area contributed by atoms with Gasteiger partial charge < -0.3 is 25.0 Å². The van der Waals surface area contributed by atoms with Gasteiger partial charge in [0, 0.05) is 19.5 Å². The number of amides is 1. The number of anilines is 3. The molecule has 4 rings (SSSR count). The Balaban J connectivity index is 1.51. The molecule has 3 aromatic rings. The molecule has 1 aliphatic rings. The van der Waals surface area contributed by atoms with Gasteiger partial charge in [0.1, 0.15) is 12.2 Å². The molecular weight excluding hydrogens is 493 g/mol. The lowest BCUT2D eigenvalue weighted by Crippen LogP contribution is -2.31. The van der Waals surface area contributed by atoms with Crippen molar-refractivity contribution in [1.29, 1.82) is 0 Å². The number of rotatable bonds is 9. The quantitative estimate of drug-likeness (QED) is 0.403. The normalized spacial score (nSPS) is 14.6. The van der Waals surface area contributed by atoms with E-state index in [0.717, 1.165) is 31.6 Å². The Kier molecular flexibility index (Phi) is 8.40. The summed E-state index contributed by atoms with van der Waals surface area (Å²) >= 11 is 12.4. The number of nitrogens with one attached hydrogen (secondary N) is 2. The summed E-state index contributed by atoms with van der Waals surface area (Å²) in [6.07, 6.45) is 7.15. The van der Waals surface area contributed by atoms with Gasteiger partial charge in [-0.1, -0.05) is 29.3 Å². The third-order valence-corrected chi connectivity index (χ3v) is 6.28. The van der Waals surface area contributed by atoms with E-state index in [0.29, 0.717) is 28.4 Å². The SMILES string of the molecule is COCCOc1nc(Nc2cnn(C3CCN(C)CC3)c2)ncc1C(=O)Nc1c(Cl)cccc1Cl. The first-order chi connectivity index (χ1) is 16.9. The van der Waals surface area contributed by atoms with Crippen LogP contribution in [-0.4, -0.2) is 71.0 Å². The van der Waals surface area contributed by atoms with Gasteiger partial charge in [0.2, 0.25) is 11.8 Å². The van der Waals surface area contributed by atoms with E-state index >= 15 is 0 Å². The van der Waals surface area contributed by atoms with Crippen molar-refractivity contribution in [2.75, 3.05) is 51.1 Å². The molecule has 1 aliphatic heterocycles. The van der Waals surface area contributed by atoms with E-state index in [1.54, 1.807) is 31.5 Å². The van der Waals surface area contributed by atoms with Gasteiger partial charge in [-0.05, 0) is 45.1 Å². The van der Waals surface area contributed by atoms with Crippen LogP contribution >= 0.6 is 23.2 Å². The number of hydrogen-bond acceptors (Lipinski definition) is 8. The highest BCUT2D eigenvalue weighted by Gasteiger charge is 2.21. The van der Waals surface area contributed by atoms with Gasteiger partial charge in [-0.15, -0.1) is 0 Å². The van der Waals surface area contributed by atoms with Gasteiger partial charge in [0.15, 0.2) is 0 Å². The van der Waals surface area contributed by atoms with Crippen LogP contribution < -0.4 is 15.4 Å². The predicted molar refractivity (Wildman–Crippen MR) is 135 cm³/mol. The van der Waals surface area contributed by atoms with Crippen LogP contribution in [0.15, 0.2) is 36.8 Å². The Morgan fingerprint density at radius 2 is 1.91 bits per heavy atom. The van der Waals surface area contributed by atoms with Crippen molar-refractivity contribution in [1.82, 2.24) is 24.6 Å². The number of carbonyl (C=O) groups excluding carboxylic acids is 1. The molecule has 3 heterocycles. The summed E-state index contributed by atoms with van der Waals surface area (Å²) in [6.45, 7) is 2.62. The summed E-state index contributed by atoms with van der Waals surface area (Å²) < 4.78 is 12.7. The van der Waals surface area contributed by atoms with Crippen molar-refractivity contribution in [3.63, 3.8) is 0 Å². The summed E-state index contributed by atoms with van der Waals surface area (Å²) in [6, 6.07) is 5.32. The fourth-order valence-corrected chi connectivity index (χ4v) is 4.19. The molecule has 1 amide bonds. The molecule has 12 heteroatoms. The number of aromatic nitrogens is 4. The molecule has 35 heavy (non-hydrogen) atoms. The highest BCUT2D eigenvalue weighted by atomic mass is 35.5. The van der Waals surface area contributed by atoms with E-state index < -0.39 is 5.91 Å². The maximum Gasteiger partial charge on any atom is 0.262 e. The Morgan fingerprint density at radius 3 is 2.63 bits per heavy atom. The molecule has 1 fully saturated rings. The lowest BCUT2D eigenvalue weighted by Gasteiger charge is -2.28. The zero-order valence-corrected chi connectivity index (χ0v) is 21.0. The Labute approximate surface area is 213 Å². The van der Waals surface area contributed by atoms with Crippen molar-refractivity contribution in [3.8, 4) is 5.88 Å². The Morgan fingerprint density at radius 1 is 1.17 bits per heavy atom. The second-order valence-electron chi connectivity index (χ2n) is 8.17. The zero-order chi connectivity index (χ0) is 24.8. The highest BCUT2D eigenvalue weighted by Crippen LogP contribution is 2.31. The minimum absolute atomic E-state index is 0.0999. The number of methoxy groups -OCH3 is 1. The van der Waals surface area contributed by atoms with Crippen molar-refractivity contribution in [2.24, 2.45) is 0 Å². The molecule has 186 valence electrons. The fraction of sp³-hybridized carbons (Fsp3) is 0.391. The third-order valence-electron chi connectivity index (χ3n) is 5.65. The number of halogens is 2. The maximum absolute atomic E-state index is 13.0. The van der Waals surface area contributed by atoms with Crippen molar-refractivity contribution in [2.45, 2.75) is 18.9 Å². The molecule has 10 nitrogen and oxygen atoms in total. The maximum atomic E-state index is 13.0.